The number of hydrogen-bond acceptors (Lipinski definition) is 7. The molecule has 0 N–H and O–H groups in total. The third-order valence-electron chi connectivity index (χ3n) is 6.15. The van der Waals surface area contributed by atoms with Crippen molar-refractivity contribution in [2.24, 2.45) is 0 Å². The van der Waals surface area contributed by atoms with E-state index in [1.165, 1.54) is 5.56 Å². The maximum Gasteiger partial charge on any atom is 0.246 e. The molecular formula is C25H25ClN4O4. The summed E-state index contributed by atoms with van der Waals surface area (Å²) in [6, 6.07) is 11.6. The molecule has 2 aliphatic rings. The van der Waals surface area contributed by atoms with Crippen LogP contribution in [0.5, 0.6) is 11.5 Å². The Hall–Kier alpha value is -3.36. The summed E-state index contributed by atoms with van der Waals surface area (Å²) in [6.45, 7) is 6.93. The highest BCUT2D eigenvalue weighted by Gasteiger charge is 2.27. The third kappa shape index (κ3) is 4.64. The molecule has 3 heterocycles. The van der Waals surface area contributed by atoms with Crippen LogP contribution < -0.4 is 9.47 Å². The highest BCUT2D eigenvalue weighted by atomic mass is 35.5. The minimum absolute atomic E-state index is 0.0322. The fourth-order valence-electron chi connectivity index (χ4n) is 4.07. The fraction of sp³-hybridized carbons (Fsp3) is 0.320. The monoisotopic (exact) mass is 480 g/mol. The van der Waals surface area contributed by atoms with Gasteiger partial charge in [-0.15, -0.1) is 0 Å². The van der Waals surface area contributed by atoms with Crippen LogP contribution in [0, 0.1) is 6.92 Å². The van der Waals surface area contributed by atoms with Crippen LogP contribution in [-0.2, 0) is 4.79 Å². The van der Waals surface area contributed by atoms with Crippen LogP contribution in [0.2, 0.25) is 5.02 Å². The summed E-state index contributed by atoms with van der Waals surface area (Å²) in [5, 5.41) is 4.61. The molecule has 2 aromatic carbocycles. The Labute approximate surface area is 202 Å². The molecule has 1 amide bonds. The van der Waals surface area contributed by atoms with E-state index in [1.54, 1.807) is 18.2 Å². The first kappa shape index (κ1) is 22.4. The number of carbonyl (C=O) groups is 1. The minimum Gasteiger partial charge on any atom is -0.454 e. The molecule has 176 valence electrons. The van der Waals surface area contributed by atoms with E-state index in [9.17, 15) is 4.79 Å². The van der Waals surface area contributed by atoms with E-state index >= 15 is 0 Å². The summed E-state index contributed by atoms with van der Waals surface area (Å²) in [5.74, 6) is 2.26. The number of amides is 1. The second kappa shape index (κ2) is 9.48. The van der Waals surface area contributed by atoms with Crippen LogP contribution in [0.1, 0.15) is 30.0 Å². The van der Waals surface area contributed by atoms with Crippen molar-refractivity contribution in [2.75, 3.05) is 33.0 Å². The second-order valence-electron chi connectivity index (χ2n) is 8.43. The van der Waals surface area contributed by atoms with Gasteiger partial charge in [-0.05, 0) is 37.6 Å². The summed E-state index contributed by atoms with van der Waals surface area (Å²) in [7, 11) is 0. The lowest BCUT2D eigenvalue weighted by Crippen LogP contribution is -2.48. The normalized spacial score (nSPS) is 16.9. The molecule has 8 nitrogen and oxygen atoms in total. The van der Waals surface area contributed by atoms with Crippen molar-refractivity contribution >= 4 is 23.6 Å². The van der Waals surface area contributed by atoms with Gasteiger partial charge in [0, 0.05) is 37.8 Å². The van der Waals surface area contributed by atoms with Crippen LogP contribution in [-0.4, -0.2) is 58.8 Å². The molecule has 1 fully saturated rings. The second-order valence-corrected chi connectivity index (χ2v) is 8.84. The predicted octanol–water partition coefficient (Wildman–Crippen LogP) is 4.35. The number of nitrogens with zero attached hydrogens (tertiary/aromatic N) is 4. The maximum absolute atomic E-state index is 12.7. The van der Waals surface area contributed by atoms with Crippen LogP contribution in [0.4, 0.5) is 0 Å². The van der Waals surface area contributed by atoms with Crippen molar-refractivity contribution in [2.45, 2.75) is 19.9 Å². The molecule has 1 aromatic heterocycles. The SMILES string of the molecule is Cc1ccc(-c2noc(C(C)N3CCN(C(=O)/C=C/c4cc(Cl)c5c(c4)OCO5)CC3)n2)cc1. The molecule has 9 heteroatoms. The molecule has 2 aliphatic heterocycles. The van der Waals surface area contributed by atoms with Crippen LogP contribution >= 0.6 is 11.6 Å². The van der Waals surface area contributed by atoms with Crippen molar-refractivity contribution in [3.8, 4) is 22.9 Å². The topological polar surface area (TPSA) is 80.9 Å². The first-order valence-electron chi connectivity index (χ1n) is 11.2. The number of fused-ring (bicyclic) bond motifs is 1. The van der Waals surface area contributed by atoms with Gasteiger partial charge in [-0.3, -0.25) is 9.69 Å². The molecule has 3 aromatic rings. The summed E-state index contributed by atoms with van der Waals surface area (Å²) < 4.78 is 16.3. The maximum atomic E-state index is 12.7. The van der Waals surface area contributed by atoms with Gasteiger partial charge in [-0.2, -0.15) is 4.98 Å². The minimum atomic E-state index is -0.0412. The highest BCUT2D eigenvalue weighted by molar-refractivity contribution is 6.32. The molecule has 1 saturated heterocycles. The zero-order valence-electron chi connectivity index (χ0n) is 19.0. The van der Waals surface area contributed by atoms with Crippen molar-refractivity contribution in [1.29, 1.82) is 0 Å². The number of rotatable bonds is 5. The molecule has 0 bridgehead atoms. The van der Waals surface area contributed by atoms with Gasteiger partial charge in [0.1, 0.15) is 0 Å². The standard InChI is InChI=1S/C25H25ClN4O4/c1-16-3-6-19(7-4-16)24-27-25(34-28-24)17(2)29-9-11-30(12-10-29)22(31)8-5-18-13-20(26)23-21(14-18)32-15-33-23/h3-8,13-14,17H,9-12,15H2,1-2H3/b8-5+. The van der Waals surface area contributed by atoms with E-state index in [1.807, 2.05) is 49.1 Å². The molecule has 5 rings (SSSR count). The molecule has 34 heavy (non-hydrogen) atoms. The number of aromatic nitrogens is 2. The van der Waals surface area contributed by atoms with Gasteiger partial charge in [-0.25, -0.2) is 0 Å². The quantitative estimate of drug-likeness (QED) is 0.502. The predicted molar refractivity (Wildman–Crippen MR) is 128 cm³/mol. The lowest BCUT2D eigenvalue weighted by molar-refractivity contribution is -0.128. The third-order valence-corrected chi connectivity index (χ3v) is 6.43. The lowest BCUT2D eigenvalue weighted by Gasteiger charge is -2.36. The summed E-state index contributed by atoms with van der Waals surface area (Å²) >= 11 is 6.22. The van der Waals surface area contributed by atoms with Crippen molar-refractivity contribution in [3.05, 3.63) is 64.5 Å². The highest BCUT2D eigenvalue weighted by Crippen LogP contribution is 2.40. The Morgan fingerprint density at radius 3 is 2.65 bits per heavy atom. The van der Waals surface area contributed by atoms with Crippen LogP contribution in [0.25, 0.3) is 17.5 Å². The van der Waals surface area contributed by atoms with Crippen LogP contribution in [0.3, 0.4) is 0 Å². The van der Waals surface area contributed by atoms with Gasteiger partial charge in [0.2, 0.25) is 24.4 Å². The molecule has 0 spiro atoms. The van der Waals surface area contributed by atoms with Gasteiger partial charge in [-0.1, -0.05) is 46.6 Å². The Morgan fingerprint density at radius 2 is 1.88 bits per heavy atom. The molecular weight excluding hydrogens is 456 g/mol. The number of aryl methyl sites for hydroxylation is 1. The summed E-state index contributed by atoms with van der Waals surface area (Å²) in [4.78, 5) is 21.4. The zero-order valence-corrected chi connectivity index (χ0v) is 19.8. The first-order valence-corrected chi connectivity index (χ1v) is 11.6. The van der Waals surface area contributed by atoms with E-state index < -0.39 is 0 Å². The number of hydrogen-bond donors (Lipinski definition) is 0. The number of carbonyl (C=O) groups excluding carboxylic acids is 1. The lowest BCUT2D eigenvalue weighted by atomic mass is 10.1. The number of piperazine rings is 1. The molecule has 1 atom stereocenters. The van der Waals surface area contributed by atoms with E-state index in [-0.39, 0.29) is 18.7 Å². The largest absolute Gasteiger partial charge is 0.454 e. The van der Waals surface area contributed by atoms with Gasteiger partial charge in [0.25, 0.3) is 0 Å². The van der Waals surface area contributed by atoms with Crippen molar-refractivity contribution in [1.82, 2.24) is 19.9 Å². The molecule has 0 aliphatic carbocycles. The first-order chi connectivity index (χ1) is 16.5. The average Bonchev–Trinajstić information content (AvgIpc) is 3.53. The van der Waals surface area contributed by atoms with E-state index in [0.717, 1.165) is 24.2 Å². The van der Waals surface area contributed by atoms with Crippen molar-refractivity contribution in [3.63, 3.8) is 0 Å². The van der Waals surface area contributed by atoms with Gasteiger partial charge < -0.3 is 18.9 Å². The van der Waals surface area contributed by atoms with Crippen LogP contribution in [0.15, 0.2) is 47.0 Å². The fourth-order valence-corrected chi connectivity index (χ4v) is 4.34. The Kier molecular flexibility index (Phi) is 6.26. The van der Waals surface area contributed by atoms with Crippen molar-refractivity contribution < 1.29 is 18.8 Å². The summed E-state index contributed by atoms with van der Waals surface area (Å²) in [6.07, 6.45) is 3.31. The van der Waals surface area contributed by atoms with E-state index in [4.69, 9.17) is 25.6 Å². The Morgan fingerprint density at radius 1 is 1.12 bits per heavy atom. The van der Waals surface area contributed by atoms with E-state index in [0.29, 0.717) is 41.3 Å². The summed E-state index contributed by atoms with van der Waals surface area (Å²) in [5.41, 5.74) is 2.90. The molecule has 0 radical (unpaired) electrons. The average molecular weight is 481 g/mol. The number of halogens is 1. The number of benzene rings is 2. The molecule has 0 saturated carbocycles. The smallest absolute Gasteiger partial charge is 0.246 e. The van der Waals surface area contributed by atoms with Gasteiger partial charge in [0.05, 0.1) is 11.1 Å². The van der Waals surface area contributed by atoms with E-state index in [2.05, 4.69) is 15.0 Å². The molecule has 1 unspecified atom stereocenters. The Bertz CT molecular complexity index is 1220. The zero-order chi connectivity index (χ0) is 23.7. The van der Waals surface area contributed by atoms with Gasteiger partial charge in [0.15, 0.2) is 11.5 Å². The number of ether oxygens (including phenoxy) is 2. The van der Waals surface area contributed by atoms with Gasteiger partial charge >= 0.3 is 0 Å². The Balaban J connectivity index is 1.17.